The quantitative estimate of drug-likeness (QED) is 0.551. The lowest BCUT2D eigenvalue weighted by molar-refractivity contribution is 0.470. The second-order valence-corrected chi connectivity index (χ2v) is 3.24. The summed E-state index contributed by atoms with van der Waals surface area (Å²) in [5, 5.41) is 9.44. The van der Waals surface area contributed by atoms with Gasteiger partial charge >= 0.3 is 0 Å². The standard InChI is InChI=1S/C12H16O/c1-3-4-5-7-11-8-6-9-12(13)10(11)2/h3,6,8-9,13H,1,4-5,7H2,2H3. The summed E-state index contributed by atoms with van der Waals surface area (Å²) in [7, 11) is 0. The Kier molecular flexibility index (Phi) is 3.56. The lowest BCUT2D eigenvalue weighted by Crippen LogP contribution is -1.89. The monoisotopic (exact) mass is 176 g/mol. The summed E-state index contributed by atoms with van der Waals surface area (Å²) in [4.78, 5) is 0. The lowest BCUT2D eigenvalue weighted by atomic mass is 10.0. The first-order valence-corrected chi connectivity index (χ1v) is 4.64. The van der Waals surface area contributed by atoms with E-state index in [1.165, 1.54) is 5.56 Å². The van der Waals surface area contributed by atoms with Crippen molar-refractivity contribution in [1.29, 1.82) is 0 Å². The van der Waals surface area contributed by atoms with Gasteiger partial charge in [0.15, 0.2) is 0 Å². The summed E-state index contributed by atoms with van der Waals surface area (Å²) in [6, 6.07) is 5.69. The zero-order valence-electron chi connectivity index (χ0n) is 8.09. The van der Waals surface area contributed by atoms with Gasteiger partial charge in [0.05, 0.1) is 0 Å². The van der Waals surface area contributed by atoms with Crippen molar-refractivity contribution in [3.05, 3.63) is 42.0 Å². The second kappa shape index (κ2) is 4.70. The molecule has 0 amide bonds. The highest BCUT2D eigenvalue weighted by Gasteiger charge is 2.00. The fraction of sp³-hybridized carbons (Fsp3) is 0.333. The molecule has 70 valence electrons. The Labute approximate surface area is 79.7 Å². The number of aromatic hydroxyl groups is 1. The maximum atomic E-state index is 9.44. The molecule has 0 aliphatic rings. The minimum Gasteiger partial charge on any atom is -0.508 e. The van der Waals surface area contributed by atoms with Gasteiger partial charge in [0.2, 0.25) is 0 Å². The highest BCUT2D eigenvalue weighted by Crippen LogP contribution is 2.20. The van der Waals surface area contributed by atoms with Crippen LogP contribution in [0.3, 0.4) is 0 Å². The van der Waals surface area contributed by atoms with Gasteiger partial charge in [-0.3, -0.25) is 0 Å². The SMILES string of the molecule is C=CCCCc1cccc(O)c1C. The van der Waals surface area contributed by atoms with Gasteiger partial charge in [0.1, 0.15) is 5.75 Å². The molecule has 0 radical (unpaired) electrons. The van der Waals surface area contributed by atoms with Crippen LogP contribution < -0.4 is 0 Å². The first kappa shape index (κ1) is 9.85. The van der Waals surface area contributed by atoms with Crippen LogP contribution >= 0.6 is 0 Å². The van der Waals surface area contributed by atoms with Crippen molar-refractivity contribution in [3.63, 3.8) is 0 Å². The number of benzene rings is 1. The fourth-order valence-corrected chi connectivity index (χ4v) is 1.38. The predicted molar refractivity (Wildman–Crippen MR) is 56.0 cm³/mol. The summed E-state index contributed by atoms with van der Waals surface area (Å²) in [5.41, 5.74) is 2.24. The van der Waals surface area contributed by atoms with E-state index in [1.807, 2.05) is 19.1 Å². The minimum absolute atomic E-state index is 0.399. The van der Waals surface area contributed by atoms with Gasteiger partial charge in [-0.1, -0.05) is 18.2 Å². The summed E-state index contributed by atoms with van der Waals surface area (Å²) in [6.45, 7) is 5.64. The van der Waals surface area contributed by atoms with Crippen molar-refractivity contribution in [3.8, 4) is 5.75 Å². The van der Waals surface area contributed by atoms with E-state index in [2.05, 4.69) is 12.6 Å². The third-order valence-electron chi connectivity index (χ3n) is 2.27. The van der Waals surface area contributed by atoms with E-state index in [4.69, 9.17) is 0 Å². The van der Waals surface area contributed by atoms with E-state index in [0.29, 0.717) is 5.75 Å². The minimum atomic E-state index is 0.399. The normalized spacial score (nSPS) is 9.92. The molecule has 0 spiro atoms. The van der Waals surface area contributed by atoms with Crippen molar-refractivity contribution < 1.29 is 5.11 Å². The first-order chi connectivity index (χ1) is 6.25. The summed E-state index contributed by atoms with van der Waals surface area (Å²) < 4.78 is 0. The average molecular weight is 176 g/mol. The third kappa shape index (κ3) is 2.62. The molecule has 0 atom stereocenters. The number of rotatable bonds is 4. The van der Waals surface area contributed by atoms with Gasteiger partial charge in [-0.2, -0.15) is 0 Å². The van der Waals surface area contributed by atoms with Gasteiger partial charge in [0.25, 0.3) is 0 Å². The van der Waals surface area contributed by atoms with Crippen LogP contribution in [0.4, 0.5) is 0 Å². The molecule has 0 fully saturated rings. The smallest absolute Gasteiger partial charge is 0.118 e. The average Bonchev–Trinajstić information content (AvgIpc) is 2.13. The molecule has 0 saturated heterocycles. The number of allylic oxidation sites excluding steroid dienone is 1. The van der Waals surface area contributed by atoms with Crippen LogP contribution in [0.1, 0.15) is 24.0 Å². The largest absolute Gasteiger partial charge is 0.508 e. The van der Waals surface area contributed by atoms with E-state index >= 15 is 0 Å². The topological polar surface area (TPSA) is 20.2 Å². The highest BCUT2D eigenvalue weighted by molar-refractivity contribution is 5.37. The molecule has 1 heteroatoms. The van der Waals surface area contributed by atoms with Gasteiger partial charge in [-0.05, 0) is 43.4 Å². The number of unbranched alkanes of at least 4 members (excludes halogenated alkanes) is 1. The summed E-state index contributed by atoms with van der Waals surface area (Å²) in [6.07, 6.45) is 5.09. The Bertz CT molecular complexity index is 289. The molecule has 13 heavy (non-hydrogen) atoms. The molecule has 0 aliphatic heterocycles. The lowest BCUT2D eigenvalue weighted by Gasteiger charge is -2.05. The number of aryl methyl sites for hydroxylation is 1. The Morgan fingerprint density at radius 3 is 2.92 bits per heavy atom. The van der Waals surface area contributed by atoms with Crippen LogP contribution in [0.5, 0.6) is 5.75 Å². The van der Waals surface area contributed by atoms with Gasteiger partial charge in [-0.25, -0.2) is 0 Å². The molecule has 1 aromatic rings. The maximum Gasteiger partial charge on any atom is 0.118 e. The number of hydrogen-bond acceptors (Lipinski definition) is 1. The molecule has 0 heterocycles. The van der Waals surface area contributed by atoms with Crippen molar-refractivity contribution in [2.75, 3.05) is 0 Å². The molecule has 0 bridgehead atoms. The van der Waals surface area contributed by atoms with Crippen LogP contribution in [-0.2, 0) is 6.42 Å². The van der Waals surface area contributed by atoms with E-state index < -0.39 is 0 Å². The zero-order valence-corrected chi connectivity index (χ0v) is 8.09. The maximum absolute atomic E-state index is 9.44. The summed E-state index contributed by atoms with van der Waals surface area (Å²) >= 11 is 0. The molecule has 0 aliphatic carbocycles. The van der Waals surface area contributed by atoms with Crippen LogP contribution in [-0.4, -0.2) is 5.11 Å². The highest BCUT2D eigenvalue weighted by atomic mass is 16.3. The van der Waals surface area contributed by atoms with Crippen molar-refractivity contribution >= 4 is 0 Å². The predicted octanol–water partition coefficient (Wildman–Crippen LogP) is 3.21. The Balaban J connectivity index is 2.65. The second-order valence-electron chi connectivity index (χ2n) is 3.24. The summed E-state index contributed by atoms with van der Waals surface area (Å²) in [5.74, 6) is 0.399. The molecular formula is C12H16O. The third-order valence-corrected chi connectivity index (χ3v) is 2.27. The fourth-order valence-electron chi connectivity index (χ4n) is 1.38. The van der Waals surface area contributed by atoms with E-state index in [0.717, 1.165) is 24.8 Å². The molecule has 0 saturated carbocycles. The Hall–Kier alpha value is -1.24. The Morgan fingerprint density at radius 2 is 2.23 bits per heavy atom. The van der Waals surface area contributed by atoms with E-state index in [1.54, 1.807) is 6.07 Å². The molecule has 1 rings (SSSR count). The van der Waals surface area contributed by atoms with Gasteiger partial charge < -0.3 is 5.11 Å². The van der Waals surface area contributed by atoms with Crippen LogP contribution in [0.25, 0.3) is 0 Å². The number of phenolic OH excluding ortho intramolecular Hbond substituents is 1. The molecular weight excluding hydrogens is 160 g/mol. The number of hydrogen-bond donors (Lipinski definition) is 1. The zero-order chi connectivity index (χ0) is 9.68. The number of phenols is 1. The van der Waals surface area contributed by atoms with Crippen molar-refractivity contribution in [2.24, 2.45) is 0 Å². The molecule has 0 unspecified atom stereocenters. The van der Waals surface area contributed by atoms with Crippen molar-refractivity contribution in [2.45, 2.75) is 26.2 Å². The van der Waals surface area contributed by atoms with Crippen LogP contribution in [0.15, 0.2) is 30.9 Å². The van der Waals surface area contributed by atoms with Crippen LogP contribution in [0.2, 0.25) is 0 Å². The van der Waals surface area contributed by atoms with Crippen LogP contribution in [0, 0.1) is 6.92 Å². The Morgan fingerprint density at radius 1 is 1.46 bits per heavy atom. The van der Waals surface area contributed by atoms with E-state index in [9.17, 15) is 5.11 Å². The first-order valence-electron chi connectivity index (χ1n) is 4.64. The van der Waals surface area contributed by atoms with Crippen molar-refractivity contribution in [1.82, 2.24) is 0 Å². The molecule has 1 aromatic carbocycles. The molecule has 1 nitrogen and oxygen atoms in total. The molecule has 1 N–H and O–H groups in total. The van der Waals surface area contributed by atoms with E-state index in [-0.39, 0.29) is 0 Å². The van der Waals surface area contributed by atoms with Gasteiger partial charge in [0, 0.05) is 0 Å². The molecule has 0 aromatic heterocycles. The van der Waals surface area contributed by atoms with Gasteiger partial charge in [-0.15, -0.1) is 6.58 Å².